The van der Waals surface area contributed by atoms with E-state index in [2.05, 4.69) is 22.9 Å². The second kappa shape index (κ2) is 6.14. The minimum atomic E-state index is 0.318. The number of carbonyl (C=O) groups excluding carboxylic acids is 1. The zero-order valence-corrected chi connectivity index (χ0v) is 13.1. The van der Waals surface area contributed by atoms with E-state index in [-0.39, 0.29) is 0 Å². The summed E-state index contributed by atoms with van der Waals surface area (Å²) in [7, 11) is 1.99. The topological polar surface area (TPSA) is 36.4 Å². The van der Waals surface area contributed by atoms with Crippen molar-refractivity contribution in [3.63, 3.8) is 0 Å². The van der Waals surface area contributed by atoms with Crippen LogP contribution in [0.15, 0.2) is 18.3 Å². The molecule has 2 saturated heterocycles. The molecule has 114 valence electrons. The molecule has 21 heavy (non-hydrogen) atoms. The molecule has 2 atom stereocenters. The maximum absolute atomic E-state index is 12.1. The Bertz CT molecular complexity index is 517. The predicted octanol–water partition coefficient (Wildman–Crippen LogP) is 2.37. The fourth-order valence-corrected chi connectivity index (χ4v) is 3.83. The highest BCUT2D eigenvalue weighted by Crippen LogP contribution is 2.30. The van der Waals surface area contributed by atoms with Gasteiger partial charge in [-0.25, -0.2) is 0 Å². The number of aromatic nitrogens is 1. The zero-order chi connectivity index (χ0) is 14.8. The van der Waals surface area contributed by atoms with Crippen LogP contribution in [-0.4, -0.2) is 46.4 Å². The molecular formula is C17H25N3O. The van der Waals surface area contributed by atoms with Crippen molar-refractivity contribution in [2.45, 2.75) is 57.7 Å². The standard InChI is InChI=1S/C17H25N3O/c1-13-6-4-10-18-14(13)12-20-11-5-8-15-16(20)7-3-9-17(21)19(15)2/h4,6,10,15-16H,3,5,7-9,11-12H2,1-2H3/t15-,16-/m1/s1. The van der Waals surface area contributed by atoms with E-state index in [0.717, 1.165) is 32.4 Å². The molecule has 4 heteroatoms. The van der Waals surface area contributed by atoms with E-state index in [9.17, 15) is 4.79 Å². The number of hydrogen-bond donors (Lipinski definition) is 0. The van der Waals surface area contributed by atoms with E-state index in [1.54, 1.807) is 0 Å². The molecule has 3 heterocycles. The smallest absolute Gasteiger partial charge is 0.222 e. The number of carbonyl (C=O) groups is 1. The Morgan fingerprint density at radius 2 is 2.10 bits per heavy atom. The minimum absolute atomic E-state index is 0.318. The maximum Gasteiger partial charge on any atom is 0.222 e. The van der Waals surface area contributed by atoms with Gasteiger partial charge in [0.15, 0.2) is 0 Å². The van der Waals surface area contributed by atoms with E-state index in [0.29, 0.717) is 24.4 Å². The van der Waals surface area contributed by atoms with Gasteiger partial charge in [0.25, 0.3) is 0 Å². The van der Waals surface area contributed by atoms with Crippen molar-refractivity contribution in [1.29, 1.82) is 0 Å². The predicted molar refractivity (Wildman–Crippen MR) is 82.8 cm³/mol. The number of likely N-dealkylation sites (N-methyl/N-ethyl adjacent to an activating group) is 1. The fourth-order valence-electron chi connectivity index (χ4n) is 3.83. The van der Waals surface area contributed by atoms with Gasteiger partial charge in [-0.05, 0) is 50.8 Å². The molecule has 1 amide bonds. The molecule has 1 aromatic heterocycles. The highest BCUT2D eigenvalue weighted by Gasteiger charge is 2.37. The first-order chi connectivity index (χ1) is 10.2. The molecule has 1 aromatic rings. The van der Waals surface area contributed by atoms with Crippen molar-refractivity contribution in [3.8, 4) is 0 Å². The number of likely N-dealkylation sites (tertiary alicyclic amines) is 2. The van der Waals surface area contributed by atoms with E-state index >= 15 is 0 Å². The van der Waals surface area contributed by atoms with Gasteiger partial charge >= 0.3 is 0 Å². The Labute approximate surface area is 127 Å². The van der Waals surface area contributed by atoms with Gasteiger partial charge < -0.3 is 4.90 Å². The first-order valence-corrected chi connectivity index (χ1v) is 8.07. The summed E-state index contributed by atoms with van der Waals surface area (Å²) in [5.74, 6) is 0.318. The number of nitrogens with zero attached hydrogens (tertiary/aromatic N) is 3. The Hall–Kier alpha value is -1.42. The molecule has 0 spiro atoms. The van der Waals surface area contributed by atoms with Crippen molar-refractivity contribution in [2.24, 2.45) is 0 Å². The van der Waals surface area contributed by atoms with Crippen LogP contribution >= 0.6 is 0 Å². The lowest BCUT2D eigenvalue weighted by Crippen LogP contribution is -2.54. The lowest BCUT2D eigenvalue weighted by molar-refractivity contribution is -0.133. The van der Waals surface area contributed by atoms with E-state index in [1.807, 2.05) is 24.2 Å². The van der Waals surface area contributed by atoms with E-state index in [4.69, 9.17) is 0 Å². The fraction of sp³-hybridized carbons (Fsp3) is 0.647. The molecule has 0 aromatic carbocycles. The quantitative estimate of drug-likeness (QED) is 0.838. The maximum atomic E-state index is 12.1. The second-order valence-electron chi connectivity index (χ2n) is 6.41. The van der Waals surface area contributed by atoms with Crippen LogP contribution in [0.1, 0.15) is 43.4 Å². The van der Waals surface area contributed by atoms with Crippen molar-refractivity contribution < 1.29 is 4.79 Å². The van der Waals surface area contributed by atoms with Gasteiger partial charge in [-0.2, -0.15) is 0 Å². The molecule has 0 aliphatic carbocycles. The van der Waals surface area contributed by atoms with Crippen LogP contribution in [-0.2, 0) is 11.3 Å². The number of rotatable bonds is 2. The number of amides is 1. The van der Waals surface area contributed by atoms with Crippen LogP contribution in [0.4, 0.5) is 0 Å². The molecule has 3 rings (SSSR count). The third-order valence-electron chi connectivity index (χ3n) is 5.11. The largest absolute Gasteiger partial charge is 0.341 e. The Morgan fingerprint density at radius 1 is 1.29 bits per heavy atom. The van der Waals surface area contributed by atoms with Crippen molar-refractivity contribution in [1.82, 2.24) is 14.8 Å². The number of hydrogen-bond acceptors (Lipinski definition) is 3. The molecule has 2 aliphatic heterocycles. The summed E-state index contributed by atoms with van der Waals surface area (Å²) in [6.07, 6.45) is 7.05. The first-order valence-electron chi connectivity index (χ1n) is 8.07. The number of fused-ring (bicyclic) bond motifs is 1. The van der Waals surface area contributed by atoms with E-state index in [1.165, 1.54) is 17.7 Å². The third kappa shape index (κ3) is 2.95. The van der Waals surface area contributed by atoms with Crippen LogP contribution in [0.5, 0.6) is 0 Å². The highest BCUT2D eigenvalue weighted by atomic mass is 16.2. The van der Waals surface area contributed by atoms with E-state index < -0.39 is 0 Å². The van der Waals surface area contributed by atoms with Gasteiger partial charge in [0.2, 0.25) is 5.91 Å². The summed E-state index contributed by atoms with van der Waals surface area (Å²) in [5.41, 5.74) is 2.44. The minimum Gasteiger partial charge on any atom is -0.341 e. The molecular weight excluding hydrogens is 262 g/mol. The van der Waals surface area contributed by atoms with Crippen molar-refractivity contribution >= 4 is 5.91 Å². The van der Waals surface area contributed by atoms with Gasteiger partial charge in [0.05, 0.1) is 5.69 Å². The Balaban J connectivity index is 1.79. The van der Waals surface area contributed by atoms with Crippen molar-refractivity contribution in [2.75, 3.05) is 13.6 Å². The van der Waals surface area contributed by atoms with Gasteiger partial charge in [-0.3, -0.25) is 14.7 Å². The number of pyridine rings is 1. The molecule has 0 bridgehead atoms. The lowest BCUT2D eigenvalue weighted by atomic mass is 9.92. The van der Waals surface area contributed by atoms with Gasteiger partial charge in [0, 0.05) is 38.3 Å². The van der Waals surface area contributed by atoms with Gasteiger partial charge in [-0.15, -0.1) is 0 Å². The number of aryl methyl sites for hydroxylation is 1. The summed E-state index contributed by atoms with van der Waals surface area (Å²) in [4.78, 5) is 21.2. The first kappa shape index (κ1) is 14.5. The average molecular weight is 287 g/mol. The zero-order valence-electron chi connectivity index (χ0n) is 13.1. The SMILES string of the molecule is Cc1cccnc1CN1CCC[C@@H]2[C@H]1CCCC(=O)N2C. The highest BCUT2D eigenvalue weighted by molar-refractivity contribution is 5.76. The van der Waals surface area contributed by atoms with Crippen LogP contribution in [0.2, 0.25) is 0 Å². The lowest BCUT2D eigenvalue weighted by Gasteiger charge is -2.43. The summed E-state index contributed by atoms with van der Waals surface area (Å²) in [5, 5.41) is 0. The Morgan fingerprint density at radius 3 is 2.90 bits per heavy atom. The summed E-state index contributed by atoms with van der Waals surface area (Å²) >= 11 is 0. The Kier molecular flexibility index (Phi) is 4.24. The summed E-state index contributed by atoms with van der Waals surface area (Å²) in [6, 6.07) is 5.01. The van der Waals surface area contributed by atoms with Crippen LogP contribution in [0.25, 0.3) is 0 Å². The summed E-state index contributed by atoms with van der Waals surface area (Å²) in [6.45, 7) is 4.17. The molecule has 0 N–H and O–H groups in total. The average Bonchev–Trinajstić information content (AvgIpc) is 2.63. The van der Waals surface area contributed by atoms with Crippen LogP contribution in [0.3, 0.4) is 0 Å². The number of piperidine rings is 1. The molecule has 4 nitrogen and oxygen atoms in total. The molecule has 2 fully saturated rings. The molecule has 0 unspecified atom stereocenters. The third-order valence-corrected chi connectivity index (χ3v) is 5.11. The van der Waals surface area contributed by atoms with Crippen LogP contribution < -0.4 is 0 Å². The molecule has 2 aliphatic rings. The van der Waals surface area contributed by atoms with Crippen LogP contribution in [0, 0.1) is 6.92 Å². The second-order valence-corrected chi connectivity index (χ2v) is 6.41. The molecule has 0 radical (unpaired) electrons. The van der Waals surface area contributed by atoms with Gasteiger partial charge in [-0.1, -0.05) is 6.07 Å². The summed E-state index contributed by atoms with van der Waals surface area (Å²) < 4.78 is 0. The normalized spacial score (nSPS) is 27.3. The molecule has 0 saturated carbocycles. The van der Waals surface area contributed by atoms with Crippen molar-refractivity contribution in [3.05, 3.63) is 29.6 Å². The van der Waals surface area contributed by atoms with Gasteiger partial charge in [0.1, 0.15) is 0 Å². The monoisotopic (exact) mass is 287 g/mol.